The number of rotatable bonds is 8. The third-order valence-corrected chi connectivity index (χ3v) is 12.4. The molecule has 63 heavy (non-hydrogen) atoms. The summed E-state index contributed by atoms with van der Waals surface area (Å²) in [5.74, 6) is 0. The summed E-state index contributed by atoms with van der Waals surface area (Å²) in [5.41, 5.74) is 17.7. The van der Waals surface area contributed by atoms with Crippen LogP contribution < -0.4 is 4.90 Å². The molecular weight excluding hydrogens is 765 g/mol. The van der Waals surface area contributed by atoms with Crippen molar-refractivity contribution < 1.29 is 4.42 Å². The van der Waals surface area contributed by atoms with Crippen LogP contribution in [-0.4, -0.2) is 4.57 Å². The first kappa shape index (κ1) is 36.5. The number of para-hydroxylation sites is 5. The van der Waals surface area contributed by atoms with Gasteiger partial charge in [-0.1, -0.05) is 176 Å². The van der Waals surface area contributed by atoms with Crippen molar-refractivity contribution in [3.8, 4) is 50.2 Å². The van der Waals surface area contributed by atoms with E-state index in [4.69, 9.17) is 4.42 Å². The largest absolute Gasteiger partial charge is 0.456 e. The summed E-state index contributed by atoms with van der Waals surface area (Å²) in [6.07, 6.45) is 0. The highest BCUT2D eigenvalue weighted by atomic mass is 16.3. The predicted octanol–water partition coefficient (Wildman–Crippen LogP) is 16.8. The van der Waals surface area contributed by atoms with Crippen molar-refractivity contribution in [2.45, 2.75) is 0 Å². The van der Waals surface area contributed by atoms with Crippen molar-refractivity contribution in [1.29, 1.82) is 0 Å². The van der Waals surface area contributed by atoms with Crippen molar-refractivity contribution in [3.63, 3.8) is 0 Å². The second-order valence-electron chi connectivity index (χ2n) is 16.1. The van der Waals surface area contributed by atoms with E-state index in [-0.39, 0.29) is 0 Å². The summed E-state index contributed by atoms with van der Waals surface area (Å²) in [6.45, 7) is 0. The predicted molar refractivity (Wildman–Crippen MR) is 264 cm³/mol. The third-order valence-electron chi connectivity index (χ3n) is 12.4. The summed E-state index contributed by atoms with van der Waals surface area (Å²) < 4.78 is 8.79. The molecule has 0 amide bonds. The summed E-state index contributed by atoms with van der Waals surface area (Å²) in [5, 5.41) is 4.63. The highest BCUT2D eigenvalue weighted by Crippen LogP contribution is 2.48. The Morgan fingerprint density at radius 1 is 0.317 bits per heavy atom. The van der Waals surface area contributed by atoms with Crippen LogP contribution in [-0.2, 0) is 0 Å². The molecule has 12 aromatic rings. The van der Waals surface area contributed by atoms with Crippen LogP contribution in [0.1, 0.15) is 0 Å². The van der Waals surface area contributed by atoms with Crippen molar-refractivity contribution in [2.75, 3.05) is 4.90 Å². The first-order valence-electron chi connectivity index (χ1n) is 21.5. The molecule has 0 radical (unpaired) electrons. The topological polar surface area (TPSA) is 21.3 Å². The number of aromatic nitrogens is 1. The molecule has 0 unspecified atom stereocenters. The number of fused-ring (bicyclic) bond motifs is 6. The Bertz CT molecular complexity index is 3600. The maximum absolute atomic E-state index is 6.35. The van der Waals surface area contributed by atoms with Gasteiger partial charge in [0.25, 0.3) is 0 Å². The van der Waals surface area contributed by atoms with Gasteiger partial charge in [-0.3, -0.25) is 0 Å². The van der Waals surface area contributed by atoms with Crippen LogP contribution in [0.2, 0.25) is 0 Å². The molecule has 2 aromatic heterocycles. The van der Waals surface area contributed by atoms with Gasteiger partial charge in [0.15, 0.2) is 0 Å². The van der Waals surface area contributed by atoms with E-state index in [1.807, 2.05) is 12.1 Å². The molecule has 0 saturated heterocycles. The molecule has 10 aromatic carbocycles. The number of anilines is 3. The number of hydrogen-bond acceptors (Lipinski definition) is 2. The smallest absolute Gasteiger partial charge is 0.135 e. The molecule has 0 N–H and O–H groups in total. The van der Waals surface area contributed by atoms with E-state index < -0.39 is 0 Å². The van der Waals surface area contributed by atoms with E-state index in [9.17, 15) is 0 Å². The van der Waals surface area contributed by atoms with Gasteiger partial charge in [-0.05, 0) is 100 Å². The monoisotopic (exact) mass is 804 g/mol. The van der Waals surface area contributed by atoms with Crippen molar-refractivity contribution in [3.05, 3.63) is 243 Å². The molecule has 0 aliphatic carbocycles. The lowest BCUT2D eigenvalue weighted by molar-refractivity contribution is 0.669. The standard InChI is InChI=1S/C60H40N2O/c1-4-17-41(18-5-1)43-31-34-46(35-32-43)61(47-36-38-59-55(40-47)51-25-12-15-30-58(51)63-59)56-28-13-11-24-50(56)54-39-44(42-19-6-2-7-20-42)33-37-48(54)52-26-16-27-53-49-23-10-14-29-57(49)62(60(52)53)45-21-8-3-9-22-45/h1-40H. The lowest BCUT2D eigenvalue weighted by atomic mass is 9.89. The minimum absolute atomic E-state index is 0.868. The third kappa shape index (κ3) is 6.29. The fraction of sp³-hybridized carbons (Fsp3) is 0. The molecule has 0 spiro atoms. The highest BCUT2D eigenvalue weighted by molar-refractivity contribution is 6.15. The molecule has 12 rings (SSSR count). The van der Waals surface area contributed by atoms with Crippen LogP contribution in [0.15, 0.2) is 247 Å². The first-order valence-corrected chi connectivity index (χ1v) is 21.5. The van der Waals surface area contributed by atoms with E-state index in [0.717, 1.165) is 66.9 Å². The zero-order valence-corrected chi connectivity index (χ0v) is 34.4. The Morgan fingerprint density at radius 3 is 1.68 bits per heavy atom. The summed E-state index contributed by atoms with van der Waals surface area (Å²) >= 11 is 0. The van der Waals surface area contributed by atoms with Gasteiger partial charge in [0.05, 0.1) is 16.7 Å². The van der Waals surface area contributed by atoms with Crippen LogP contribution in [0.25, 0.3) is 93.9 Å². The average Bonchev–Trinajstić information content (AvgIpc) is 3.91. The normalized spacial score (nSPS) is 11.5. The van der Waals surface area contributed by atoms with E-state index in [1.54, 1.807) is 0 Å². The van der Waals surface area contributed by atoms with Gasteiger partial charge in [-0.15, -0.1) is 0 Å². The van der Waals surface area contributed by atoms with Gasteiger partial charge in [-0.25, -0.2) is 0 Å². The van der Waals surface area contributed by atoms with Gasteiger partial charge in [0, 0.05) is 49.7 Å². The van der Waals surface area contributed by atoms with Crippen molar-refractivity contribution >= 4 is 60.8 Å². The Labute approximate surface area is 366 Å². The van der Waals surface area contributed by atoms with E-state index in [2.05, 4.69) is 240 Å². The minimum Gasteiger partial charge on any atom is -0.456 e. The zero-order chi connectivity index (χ0) is 41.7. The molecule has 0 aliphatic heterocycles. The first-order chi connectivity index (χ1) is 31.3. The molecule has 0 atom stereocenters. The molecular formula is C60H40N2O. The molecule has 296 valence electrons. The zero-order valence-electron chi connectivity index (χ0n) is 34.4. The maximum atomic E-state index is 6.35. The number of benzene rings is 10. The molecule has 2 heterocycles. The van der Waals surface area contributed by atoms with E-state index in [1.165, 1.54) is 44.1 Å². The van der Waals surface area contributed by atoms with Crippen LogP contribution in [0.3, 0.4) is 0 Å². The fourth-order valence-corrected chi connectivity index (χ4v) is 9.50. The van der Waals surface area contributed by atoms with Crippen molar-refractivity contribution in [2.24, 2.45) is 0 Å². The summed E-state index contributed by atoms with van der Waals surface area (Å²) in [7, 11) is 0. The van der Waals surface area contributed by atoms with Crippen LogP contribution in [0, 0.1) is 0 Å². The second-order valence-corrected chi connectivity index (χ2v) is 16.1. The quantitative estimate of drug-likeness (QED) is 0.153. The Hall–Kier alpha value is -8.40. The number of furan rings is 1. The minimum atomic E-state index is 0.868. The molecule has 3 nitrogen and oxygen atoms in total. The van der Waals surface area contributed by atoms with Gasteiger partial charge in [0.2, 0.25) is 0 Å². The number of nitrogens with zero attached hydrogens (tertiary/aromatic N) is 2. The van der Waals surface area contributed by atoms with Gasteiger partial charge in [0.1, 0.15) is 11.2 Å². The lowest BCUT2D eigenvalue weighted by Crippen LogP contribution is -2.11. The second kappa shape index (κ2) is 15.3. The Morgan fingerprint density at radius 2 is 0.889 bits per heavy atom. The van der Waals surface area contributed by atoms with Crippen LogP contribution >= 0.6 is 0 Å². The van der Waals surface area contributed by atoms with Gasteiger partial charge in [-0.2, -0.15) is 0 Å². The average molecular weight is 805 g/mol. The molecule has 0 bridgehead atoms. The molecule has 0 fully saturated rings. The summed E-state index contributed by atoms with van der Waals surface area (Å²) in [4.78, 5) is 2.41. The molecule has 0 aliphatic rings. The van der Waals surface area contributed by atoms with Crippen LogP contribution in [0.4, 0.5) is 17.1 Å². The lowest BCUT2D eigenvalue weighted by Gasteiger charge is -2.29. The number of hydrogen-bond donors (Lipinski definition) is 0. The Balaban J connectivity index is 1.13. The fourth-order valence-electron chi connectivity index (χ4n) is 9.50. The molecule has 0 saturated carbocycles. The van der Waals surface area contributed by atoms with Gasteiger partial charge >= 0.3 is 0 Å². The van der Waals surface area contributed by atoms with Crippen molar-refractivity contribution in [1.82, 2.24) is 4.57 Å². The summed E-state index contributed by atoms with van der Waals surface area (Å²) in [6, 6.07) is 87.3. The molecule has 3 heteroatoms. The maximum Gasteiger partial charge on any atom is 0.135 e. The van der Waals surface area contributed by atoms with E-state index >= 15 is 0 Å². The van der Waals surface area contributed by atoms with Crippen LogP contribution in [0.5, 0.6) is 0 Å². The van der Waals surface area contributed by atoms with E-state index in [0.29, 0.717) is 0 Å². The SMILES string of the molecule is c1ccc(-c2ccc(N(c3ccc4oc5ccccc5c4c3)c3ccccc3-c3cc(-c4ccccc4)ccc3-c3cccc4c5ccccc5n(-c5ccccc5)c34)cc2)cc1. The Kier molecular flexibility index (Phi) is 8.83. The highest BCUT2D eigenvalue weighted by Gasteiger charge is 2.23. The van der Waals surface area contributed by atoms with Gasteiger partial charge < -0.3 is 13.9 Å².